The van der Waals surface area contributed by atoms with Crippen LogP contribution in [0.25, 0.3) is 11.3 Å². The second-order valence-electron chi connectivity index (χ2n) is 4.35. The van der Waals surface area contributed by atoms with E-state index in [-0.39, 0.29) is 28.9 Å². The van der Waals surface area contributed by atoms with E-state index < -0.39 is 17.7 Å². The van der Waals surface area contributed by atoms with Gasteiger partial charge < -0.3 is 10.8 Å². The maximum Gasteiger partial charge on any atom is 0.417 e. The van der Waals surface area contributed by atoms with Gasteiger partial charge in [-0.2, -0.15) is 13.2 Å². The van der Waals surface area contributed by atoms with Crippen molar-refractivity contribution in [1.82, 2.24) is 4.98 Å². The first-order valence-electron chi connectivity index (χ1n) is 5.92. The number of pyridine rings is 1. The molecule has 0 saturated carbocycles. The van der Waals surface area contributed by atoms with Gasteiger partial charge in [-0.15, -0.1) is 0 Å². The molecule has 0 aliphatic heterocycles. The number of carbonyl (C=O) groups is 1. The van der Waals surface area contributed by atoms with E-state index in [2.05, 4.69) is 4.98 Å². The molecular formula is C14H11F3N2O2. The number of aliphatic carboxylic acids is 1. The molecule has 110 valence electrons. The van der Waals surface area contributed by atoms with Crippen molar-refractivity contribution < 1.29 is 23.1 Å². The maximum atomic E-state index is 13.0. The molecule has 0 saturated heterocycles. The van der Waals surface area contributed by atoms with Crippen molar-refractivity contribution in [2.24, 2.45) is 0 Å². The molecule has 0 bridgehead atoms. The van der Waals surface area contributed by atoms with E-state index in [1.54, 1.807) is 0 Å². The van der Waals surface area contributed by atoms with E-state index >= 15 is 0 Å². The third-order valence-electron chi connectivity index (χ3n) is 2.91. The van der Waals surface area contributed by atoms with E-state index in [0.29, 0.717) is 0 Å². The summed E-state index contributed by atoms with van der Waals surface area (Å²) in [7, 11) is 0. The first-order chi connectivity index (χ1) is 9.80. The molecule has 4 nitrogen and oxygen atoms in total. The minimum Gasteiger partial charge on any atom is -0.481 e. The first kappa shape index (κ1) is 14.8. The van der Waals surface area contributed by atoms with E-state index in [4.69, 9.17) is 10.8 Å². The molecule has 1 aromatic carbocycles. The summed E-state index contributed by atoms with van der Waals surface area (Å²) in [5.41, 5.74) is 4.85. The lowest BCUT2D eigenvalue weighted by atomic mass is 10.00. The normalized spacial score (nSPS) is 11.4. The summed E-state index contributed by atoms with van der Waals surface area (Å²) in [4.78, 5) is 14.6. The fraction of sp³-hybridized carbons (Fsp3) is 0.143. The molecular weight excluding hydrogens is 285 g/mol. The molecule has 1 aromatic heterocycles. The first-order valence-corrected chi connectivity index (χ1v) is 5.92. The highest BCUT2D eigenvalue weighted by molar-refractivity contribution is 5.81. The zero-order valence-corrected chi connectivity index (χ0v) is 10.7. The number of benzene rings is 1. The van der Waals surface area contributed by atoms with Gasteiger partial charge in [-0.1, -0.05) is 18.2 Å². The summed E-state index contributed by atoms with van der Waals surface area (Å²) in [6.45, 7) is 0. The molecule has 0 amide bonds. The van der Waals surface area contributed by atoms with Gasteiger partial charge >= 0.3 is 12.1 Å². The quantitative estimate of drug-likeness (QED) is 0.913. The van der Waals surface area contributed by atoms with Gasteiger partial charge in [-0.05, 0) is 17.7 Å². The van der Waals surface area contributed by atoms with Crippen LogP contribution >= 0.6 is 0 Å². The Morgan fingerprint density at radius 2 is 1.90 bits per heavy atom. The molecule has 0 fully saturated rings. The largest absolute Gasteiger partial charge is 0.481 e. The Labute approximate surface area is 118 Å². The number of carboxylic acid groups (broad SMARTS) is 1. The number of anilines is 1. The zero-order chi connectivity index (χ0) is 15.6. The molecule has 3 N–H and O–H groups in total. The molecule has 21 heavy (non-hydrogen) atoms. The fourth-order valence-corrected chi connectivity index (χ4v) is 1.98. The van der Waals surface area contributed by atoms with E-state index in [1.807, 2.05) is 0 Å². The van der Waals surface area contributed by atoms with Crippen molar-refractivity contribution in [3.63, 3.8) is 0 Å². The van der Waals surface area contributed by atoms with Gasteiger partial charge in [-0.3, -0.25) is 9.78 Å². The summed E-state index contributed by atoms with van der Waals surface area (Å²) >= 11 is 0. The van der Waals surface area contributed by atoms with Gasteiger partial charge in [0.05, 0.1) is 23.4 Å². The highest BCUT2D eigenvalue weighted by atomic mass is 19.4. The number of halogens is 3. The van der Waals surface area contributed by atoms with E-state index in [0.717, 1.165) is 6.07 Å². The van der Waals surface area contributed by atoms with Crippen LogP contribution in [0.15, 0.2) is 36.5 Å². The fourth-order valence-electron chi connectivity index (χ4n) is 1.98. The van der Waals surface area contributed by atoms with Crippen LogP contribution in [0.5, 0.6) is 0 Å². The van der Waals surface area contributed by atoms with Crippen molar-refractivity contribution in [3.8, 4) is 11.3 Å². The van der Waals surface area contributed by atoms with Gasteiger partial charge in [0.25, 0.3) is 0 Å². The van der Waals surface area contributed by atoms with Crippen molar-refractivity contribution in [1.29, 1.82) is 0 Å². The van der Waals surface area contributed by atoms with Crippen molar-refractivity contribution in [2.75, 3.05) is 5.73 Å². The average Bonchev–Trinajstić information content (AvgIpc) is 2.40. The zero-order valence-electron chi connectivity index (χ0n) is 10.7. The number of rotatable bonds is 3. The van der Waals surface area contributed by atoms with Gasteiger partial charge in [0.15, 0.2) is 0 Å². The van der Waals surface area contributed by atoms with Crippen molar-refractivity contribution in [2.45, 2.75) is 12.6 Å². The number of nitrogens with two attached hydrogens (primary N) is 1. The van der Waals surface area contributed by atoms with E-state index in [1.165, 1.54) is 30.5 Å². The molecule has 2 rings (SSSR count). The number of nitrogens with zero attached hydrogens (tertiary/aromatic N) is 1. The Balaban J connectivity index is 2.61. The monoisotopic (exact) mass is 296 g/mol. The molecule has 0 spiro atoms. The molecule has 0 radical (unpaired) electrons. The van der Waals surface area contributed by atoms with E-state index in [9.17, 15) is 18.0 Å². The highest BCUT2D eigenvalue weighted by Crippen LogP contribution is 2.38. The Kier molecular flexibility index (Phi) is 3.84. The van der Waals surface area contributed by atoms with Crippen LogP contribution in [0.3, 0.4) is 0 Å². The summed E-state index contributed by atoms with van der Waals surface area (Å²) < 4.78 is 39.0. The van der Waals surface area contributed by atoms with Crippen LogP contribution in [-0.4, -0.2) is 16.1 Å². The van der Waals surface area contributed by atoms with Crippen LogP contribution in [-0.2, 0) is 17.4 Å². The maximum absolute atomic E-state index is 13.0. The van der Waals surface area contributed by atoms with Crippen LogP contribution in [0, 0.1) is 0 Å². The predicted octanol–water partition coefficient (Wildman–Crippen LogP) is 2.98. The molecule has 1 heterocycles. The molecule has 0 unspecified atom stereocenters. The number of alkyl halides is 3. The Morgan fingerprint density at radius 1 is 1.24 bits per heavy atom. The van der Waals surface area contributed by atoms with Crippen LogP contribution in [0.4, 0.5) is 18.9 Å². The summed E-state index contributed by atoms with van der Waals surface area (Å²) in [5.74, 6) is -1.12. The number of carboxylic acids is 1. The van der Waals surface area contributed by atoms with Gasteiger partial charge in [0.2, 0.25) is 0 Å². The number of hydrogen-bond acceptors (Lipinski definition) is 3. The molecule has 2 aromatic rings. The molecule has 7 heteroatoms. The lowest BCUT2D eigenvalue weighted by Crippen LogP contribution is -2.10. The standard InChI is InChI=1S/C14H11F3N2O2/c15-14(16,17)10-4-2-1-3-9(10)13-12(18)8(5-6-19-13)7-11(20)21/h1-6H,7,18H2,(H,20,21). The lowest BCUT2D eigenvalue weighted by molar-refractivity contribution is -0.137. The molecule has 0 atom stereocenters. The summed E-state index contributed by atoms with van der Waals surface area (Å²) in [6.07, 6.45) is -3.68. The lowest BCUT2D eigenvalue weighted by Gasteiger charge is -2.14. The third-order valence-corrected chi connectivity index (χ3v) is 2.91. The van der Waals surface area contributed by atoms with Crippen LogP contribution < -0.4 is 5.73 Å². The molecule has 0 aliphatic carbocycles. The highest BCUT2D eigenvalue weighted by Gasteiger charge is 2.34. The Hall–Kier alpha value is -2.57. The average molecular weight is 296 g/mol. The minimum atomic E-state index is -4.55. The SMILES string of the molecule is Nc1c(CC(=O)O)ccnc1-c1ccccc1C(F)(F)F. The second-order valence-corrected chi connectivity index (χ2v) is 4.35. The summed E-state index contributed by atoms with van der Waals surface area (Å²) in [5, 5.41) is 8.78. The Bertz CT molecular complexity index is 684. The van der Waals surface area contributed by atoms with Crippen molar-refractivity contribution in [3.05, 3.63) is 47.7 Å². The van der Waals surface area contributed by atoms with Crippen LogP contribution in [0.1, 0.15) is 11.1 Å². The predicted molar refractivity (Wildman–Crippen MR) is 70.4 cm³/mol. The minimum absolute atomic E-state index is 0.0587. The number of hydrogen-bond donors (Lipinski definition) is 2. The summed E-state index contributed by atoms with van der Waals surface area (Å²) in [6, 6.07) is 6.27. The van der Waals surface area contributed by atoms with Crippen LogP contribution in [0.2, 0.25) is 0 Å². The topological polar surface area (TPSA) is 76.2 Å². The van der Waals surface area contributed by atoms with Crippen molar-refractivity contribution >= 4 is 11.7 Å². The van der Waals surface area contributed by atoms with Gasteiger partial charge in [0, 0.05) is 11.8 Å². The van der Waals surface area contributed by atoms with Gasteiger partial charge in [0.1, 0.15) is 0 Å². The third kappa shape index (κ3) is 3.13. The Morgan fingerprint density at radius 3 is 2.52 bits per heavy atom. The second kappa shape index (κ2) is 5.43. The molecule has 0 aliphatic rings. The van der Waals surface area contributed by atoms with Gasteiger partial charge in [-0.25, -0.2) is 0 Å². The number of nitrogen functional groups attached to an aromatic ring is 1. The smallest absolute Gasteiger partial charge is 0.417 e. The number of aromatic nitrogens is 1.